The Kier molecular flexibility index (Phi) is 8.64. The summed E-state index contributed by atoms with van der Waals surface area (Å²) in [6.07, 6.45) is 0.687. The Morgan fingerprint density at radius 2 is 1.73 bits per heavy atom. The zero-order chi connectivity index (χ0) is 11.7. The summed E-state index contributed by atoms with van der Waals surface area (Å²) in [5.74, 6) is 0. The van der Waals surface area contributed by atoms with Crippen LogP contribution in [0.2, 0.25) is 0 Å². The van der Waals surface area contributed by atoms with Gasteiger partial charge in [-0.15, -0.1) is 0 Å². The molecule has 0 amide bonds. The van der Waals surface area contributed by atoms with E-state index in [1.807, 2.05) is 0 Å². The lowest BCUT2D eigenvalue weighted by Gasteiger charge is -2.20. The van der Waals surface area contributed by atoms with Gasteiger partial charge in [-0.05, 0) is 6.42 Å². The van der Waals surface area contributed by atoms with Crippen molar-refractivity contribution in [1.82, 2.24) is 4.31 Å². The predicted octanol–water partition coefficient (Wildman–Crippen LogP) is 0.654. The number of nitrogens with zero attached hydrogens (tertiary/aromatic N) is 1. The van der Waals surface area contributed by atoms with Gasteiger partial charge in [0.25, 0.3) is 0 Å². The maximum atomic E-state index is 11.6. The summed E-state index contributed by atoms with van der Waals surface area (Å²) in [6, 6.07) is 0. The van der Waals surface area contributed by atoms with Gasteiger partial charge < -0.3 is 9.47 Å². The fourth-order valence-electron chi connectivity index (χ4n) is 1.04. The number of halogens is 1. The molecular formula is C8H18BrNO4S. The van der Waals surface area contributed by atoms with Crippen molar-refractivity contribution in [1.29, 1.82) is 0 Å². The first-order valence-corrected chi connectivity index (χ1v) is 7.33. The van der Waals surface area contributed by atoms with Gasteiger partial charge in [-0.2, -0.15) is 4.31 Å². The summed E-state index contributed by atoms with van der Waals surface area (Å²) in [6.45, 7) is 1.81. The molecule has 0 rings (SSSR count). The summed E-state index contributed by atoms with van der Waals surface area (Å²) in [5.41, 5.74) is 0. The van der Waals surface area contributed by atoms with Crippen LogP contribution in [-0.4, -0.2) is 57.9 Å². The highest BCUT2D eigenvalue weighted by atomic mass is 79.9. The van der Waals surface area contributed by atoms with Crippen molar-refractivity contribution in [2.24, 2.45) is 0 Å². The SMILES string of the molecule is COCCCN(CCOC)S(=O)(=O)CBr. The second kappa shape index (κ2) is 8.46. The van der Waals surface area contributed by atoms with Crippen molar-refractivity contribution < 1.29 is 17.9 Å². The smallest absolute Gasteiger partial charge is 0.224 e. The average molecular weight is 304 g/mol. The lowest BCUT2D eigenvalue weighted by molar-refractivity contribution is 0.164. The zero-order valence-corrected chi connectivity index (χ0v) is 11.5. The van der Waals surface area contributed by atoms with Crippen molar-refractivity contribution in [3.63, 3.8) is 0 Å². The molecule has 0 N–H and O–H groups in total. The van der Waals surface area contributed by atoms with Gasteiger partial charge in [0, 0.05) is 33.9 Å². The molecule has 15 heavy (non-hydrogen) atoms. The van der Waals surface area contributed by atoms with Gasteiger partial charge in [-0.1, -0.05) is 15.9 Å². The van der Waals surface area contributed by atoms with Crippen LogP contribution in [0, 0.1) is 0 Å². The van der Waals surface area contributed by atoms with Gasteiger partial charge >= 0.3 is 0 Å². The average Bonchev–Trinajstić information content (AvgIpc) is 2.23. The molecule has 0 aliphatic heterocycles. The number of hydrogen-bond acceptors (Lipinski definition) is 4. The Morgan fingerprint density at radius 3 is 2.20 bits per heavy atom. The minimum absolute atomic E-state index is 0.0588. The van der Waals surface area contributed by atoms with Crippen LogP contribution in [0.5, 0.6) is 0 Å². The van der Waals surface area contributed by atoms with Crippen LogP contribution in [0.4, 0.5) is 0 Å². The topological polar surface area (TPSA) is 55.8 Å². The molecule has 0 saturated heterocycles. The van der Waals surface area contributed by atoms with E-state index in [0.29, 0.717) is 32.7 Å². The lowest BCUT2D eigenvalue weighted by Crippen LogP contribution is -2.35. The first-order valence-electron chi connectivity index (χ1n) is 4.60. The molecule has 0 heterocycles. The number of methoxy groups -OCH3 is 2. The minimum atomic E-state index is -3.20. The molecule has 0 bridgehead atoms. The number of rotatable bonds is 9. The van der Waals surface area contributed by atoms with Crippen LogP contribution in [0.15, 0.2) is 0 Å². The van der Waals surface area contributed by atoms with E-state index in [9.17, 15) is 8.42 Å². The number of hydrogen-bond donors (Lipinski definition) is 0. The van der Waals surface area contributed by atoms with Crippen molar-refractivity contribution >= 4 is 26.0 Å². The van der Waals surface area contributed by atoms with Gasteiger partial charge in [0.05, 0.1) is 6.61 Å². The molecule has 5 nitrogen and oxygen atoms in total. The molecule has 0 aromatic rings. The van der Waals surface area contributed by atoms with Crippen LogP contribution in [-0.2, 0) is 19.5 Å². The first kappa shape index (κ1) is 15.3. The molecule has 0 saturated carbocycles. The highest BCUT2D eigenvalue weighted by molar-refractivity contribution is 9.10. The van der Waals surface area contributed by atoms with Crippen LogP contribution in [0.3, 0.4) is 0 Å². The third-order valence-corrected chi connectivity index (χ3v) is 5.00. The minimum Gasteiger partial charge on any atom is -0.385 e. The van der Waals surface area contributed by atoms with Crippen molar-refractivity contribution in [3.05, 3.63) is 0 Å². The third-order valence-electron chi connectivity index (χ3n) is 1.83. The van der Waals surface area contributed by atoms with Gasteiger partial charge in [-0.25, -0.2) is 8.42 Å². The normalized spacial score (nSPS) is 12.3. The van der Waals surface area contributed by atoms with E-state index >= 15 is 0 Å². The van der Waals surface area contributed by atoms with E-state index in [-0.39, 0.29) is 4.66 Å². The van der Waals surface area contributed by atoms with Crippen molar-refractivity contribution in [2.45, 2.75) is 6.42 Å². The van der Waals surface area contributed by atoms with E-state index in [0.717, 1.165) is 0 Å². The largest absolute Gasteiger partial charge is 0.385 e. The molecule has 0 atom stereocenters. The number of ether oxygens (including phenoxy) is 2. The fraction of sp³-hybridized carbons (Fsp3) is 1.00. The Labute approximate surface area is 99.9 Å². The maximum Gasteiger partial charge on any atom is 0.224 e. The first-order chi connectivity index (χ1) is 7.08. The Hall–Kier alpha value is 0.310. The molecule has 92 valence electrons. The summed E-state index contributed by atoms with van der Waals surface area (Å²) in [7, 11) is -0.0531. The fourth-order valence-corrected chi connectivity index (χ4v) is 2.80. The molecule has 0 fully saturated rings. The highest BCUT2D eigenvalue weighted by Gasteiger charge is 2.19. The summed E-state index contributed by atoms with van der Waals surface area (Å²) < 4.78 is 34.3. The van der Waals surface area contributed by atoms with E-state index in [1.54, 1.807) is 14.2 Å². The molecule has 0 radical (unpaired) electrons. The van der Waals surface area contributed by atoms with Crippen molar-refractivity contribution in [2.75, 3.05) is 45.2 Å². The summed E-state index contributed by atoms with van der Waals surface area (Å²) in [4.78, 5) is 0. The quantitative estimate of drug-likeness (QED) is 0.464. The second-order valence-electron chi connectivity index (χ2n) is 2.96. The van der Waals surface area contributed by atoms with Gasteiger partial charge in [0.2, 0.25) is 10.0 Å². The van der Waals surface area contributed by atoms with E-state index in [2.05, 4.69) is 15.9 Å². The van der Waals surface area contributed by atoms with Gasteiger partial charge in [-0.3, -0.25) is 0 Å². The van der Waals surface area contributed by atoms with Gasteiger partial charge in [0.1, 0.15) is 4.66 Å². The molecule has 0 aromatic heterocycles. The maximum absolute atomic E-state index is 11.6. The Balaban J connectivity index is 4.18. The van der Waals surface area contributed by atoms with Crippen molar-refractivity contribution in [3.8, 4) is 0 Å². The standard InChI is InChI=1S/C8H18BrNO4S/c1-13-6-3-4-10(5-7-14-2)15(11,12)8-9/h3-8H2,1-2H3. The Morgan fingerprint density at radius 1 is 1.13 bits per heavy atom. The molecule has 0 aliphatic rings. The second-order valence-corrected chi connectivity index (χ2v) is 6.23. The predicted molar refractivity (Wildman–Crippen MR) is 62.7 cm³/mol. The van der Waals surface area contributed by atoms with E-state index < -0.39 is 10.0 Å². The number of alkyl halides is 1. The summed E-state index contributed by atoms with van der Waals surface area (Å²) >= 11 is 2.97. The van der Waals surface area contributed by atoms with E-state index in [4.69, 9.17) is 9.47 Å². The zero-order valence-electron chi connectivity index (χ0n) is 9.11. The molecule has 0 spiro atoms. The summed E-state index contributed by atoms with van der Waals surface area (Å²) in [5, 5.41) is 0. The molecular weight excluding hydrogens is 286 g/mol. The monoisotopic (exact) mass is 303 g/mol. The van der Waals surface area contributed by atoms with Gasteiger partial charge in [0.15, 0.2) is 0 Å². The van der Waals surface area contributed by atoms with Crippen LogP contribution in [0.1, 0.15) is 6.42 Å². The van der Waals surface area contributed by atoms with Crippen LogP contribution >= 0.6 is 15.9 Å². The van der Waals surface area contributed by atoms with Crippen LogP contribution in [0.25, 0.3) is 0 Å². The Bertz CT molecular complexity index is 245. The molecule has 0 aliphatic carbocycles. The molecule has 0 aromatic carbocycles. The van der Waals surface area contributed by atoms with E-state index in [1.165, 1.54) is 4.31 Å². The third kappa shape index (κ3) is 6.47. The lowest BCUT2D eigenvalue weighted by atomic mass is 10.4. The highest BCUT2D eigenvalue weighted by Crippen LogP contribution is 2.05. The molecule has 7 heteroatoms. The number of sulfonamides is 1. The molecule has 0 unspecified atom stereocenters. The van der Waals surface area contributed by atoms with Crippen LogP contribution < -0.4 is 0 Å².